The van der Waals surface area contributed by atoms with Crippen LogP contribution in [0, 0.1) is 0 Å². The van der Waals surface area contributed by atoms with Crippen molar-refractivity contribution in [2.75, 3.05) is 13.2 Å². The van der Waals surface area contributed by atoms with Crippen LogP contribution in [0.1, 0.15) is 13.8 Å². The van der Waals surface area contributed by atoms with E-state index in [1.807, 2.05) is 0 Å². The first-order valence-corrected chi connectivity index (χ1v) is 4.16. The van der Waals surface area contributed by atoms with Gasteiger partial charge in [0.25, 0.3) is 0 Å². The monoisotopic (exact) mass is 199 g/mol. The second-order valence-corrected chi connectivity index (χ2v) is 2.14. The third-order valence-corrected chi connectivity index (χ3v) is 1.08. The summed E-state index contributed by atoms with van der Waals surface area (Å²) < 4.78 is 9.06. The number of alkyl carbamates (subject to hydrolysis) is 1. The molecule has 78 valence electrons. The summed E-state index contributed by atoms with van der Waals surface area (Å²) >= 11 is 0. The number of amides is 1. The van der Waals surface area contributed by atoms with Gasteiger partial charge in [0.15, 0.2) is 0 Å². The molecular formula is C9H13NO4. The maximum absolute atomic E-state index is 10.8. The van der Waals surface area contributed by atoms with Crippen molar-refractivity contribution < 1.29 is 19.1 Å². The molecule has 14 heavy (non-hydrogen) atoms. The smallest absolute Gasteiger partial charge is 0.407 e. The van der Waals surface area contributed by atoms with E-state index in [4.69, 9.17) is 0 Å². The van der Waals surface area contributed by atoms with E-state index in [0.29, 0.717) is 0 Å². The van der Waals surface area contributed by atoms with Gasteiger partial charge in [-0.1, -0.05) is 5.73 Å². The molecule has 5 heteroatoms. The number of nitrogens with one attached hydrogen (secondary N) is 1. The summed E-state index contributed by atoms with van der Waals surface area (Å²) in [6.45, 7) is 3.45. The number of hydrogen-bond donors (Lipinski definition) is 1. The predicted octanol–water partition coefficient (Wildman–Crippen LogP) is 0.964. The maximum atomic E-state index is 10.8. The lowest BCUT2D eigenvalue weighted by atomic mass is 10.6. The van der Waals surface area contributed by atoms with E-state index in [-0.39, 0.29) is 13.2 Å². The van der Waals surface area contributed by atoms with Crippen LogP contribution in [0.2, 0.25) is 0 Å². The quantitative estimate of drug-likeness (QED) is 0.416. The lowest BCUT2D eigenvalue weighted by Gasteiger charge is -2.02. The molecule has 0 aromatic rings. The summed E-state index contributed by atoms with van der Waals surface area (Å²) in [6.07, 6.45) is 2.07. The highest BCUT2D eigenvalue weighted by Gasteiger charge is 2.04. The zero-order valence-corrected chi connectivity index (χ0v) is 8.20. The van der Waals surface area contributed by atoms with Crippen LogP contribution < -0.4 is 5.32 Å². The first-order valence-electron chi connectivity index (χ1n) is 4.16. The Morgan fingerprint density at radius 1 is 1.50 bits per heavy atom. The highest BCUT2D eigenvalue weighted by Crippen LogP contribution is 1.80. The minimum absolute atomic E-state index is 0.222. The summed E-state index contributed by atoms with van der Waals surface area (Å²) in [7, 11) is 0. The molecule has 5 nitrogen and oxygen atoms in total. The van der Waals surface area contributed by atoms with E-state index in [2.05, 4.69) is 20.5 Å². The molecule has 0 unspecified atom stereocenters. The first-order chi connectivity index (χ1) is 6.70. The molecule has 0 aliphatic carbocycles. The van der Waals surface area contributed by atoms with Crippen LogP contribution in [0.4, 0.5) is 4.79 Å². The van der Waals surface area contributed by atoms with Crippen molar-refractivity contribution in [2.45, 2.75) is 13.8 Å². The molecule has 0 fully saturated rings. The molecule has 0 saturated heterocycles. The molecule has 0 radical (unpaired) electrons. The van der Waals surface area contributed by atoms with E-state index < -0.39 is 12.1 Å². The topological polar surface area (TPSA) is 64.6 Å². The van der Waals surface area contributed by atoms with E-state index in [0.717, 1.165) is 6.26 Å². The van der Waals surface area contributed by atoms with Crippen molar-refractivity contribution in [2.24, 2.45) is 0 Å². The number of esters is 1. The Morgan fingerprint density at radius 3 is 2.79 bits per heavy atom. The molecule has 0 aliphatic heterocycles. The van der Waals surface area contributed by atoms with Crippen molar-refractivity contribution >= 4 is 12.1 Å². The third kappa shape index (κ3) is 6.94. The van der Waals surface area contributed by atoms with Gasteiger partial charge < -0.3 is 14.8 Å². The number of ether oxygens (including phenoxy) is 2. The molecule has 1 amide bonds. The van der Waals surface area contributed by atoms with Gasteiger partial charge in [-0.25, -0.2) is 9.59 Å². The van der Waals surface area contributed by atoms with Crippen molar-refractivity contribution in [1.82, 2.24) is 5.32 Å². The number of allylic oxidation sites excluding steroid dienone is 1. The number of rotatable bonds is 4. The normalized spacial score (nSPS) is 8.14. The van der Waals surface area contributed by atoms with E-state index in [1.54, 1.807) is 19.9 Å². The van der Waals surface area contributed by atoms with Crippen LogP contribution in [0.3, 0.4) is 0 Å². The van der Waals surface area contributed by atoms with E-state index in [9.17, 15) is 9.59 Å². The number of carbonyl (C=O) groups is 2. The molecule has 0 atom stereocenters. The molecule has 1 N–H and O–H groups in total. The summed E-state index contributed by atoms with van der Waals surface area (Å²) in [5.74, 6) is -0.576. The Bertz CT molecular complexity index is 254. The molecule has 0 spiro atoms. The summed E-state index contributed by atoms with van der Waals surface area (Å²) in [4.78, 5) is 21.6. The van der Waals surface area contributed by atoms with Gasteiger partial charge in [0.2, 0.25) is 0 Å². The van der Waals surface area contributed by atoms with E-state index >= 15 is 0 Å². The minimum atomic E-state index is -0.639. The van der Waals surface area contributed by atoms with Crippen LogP contribution in [0.25, 0.3) is 0 Å². The van der Waals surface area contributed by atoms with Gasteiger partial charge in [-0.05, 0) is 19.9 Å². The third-order valence-electron chi connectivity index (χ3n) is 1.08. The van der Waals surface area contributed by atoms with Gasteiger partial charge in [-0.2, -0.15) is 0 Å². The lowest BCUT2D eigenvalue weighted by molar-refractivity contribution is -0.136. The fourth-order valence-electron chi connectivity index (χ4n) is 0.536. The molecule has 0 bridgehead atoms. The fraction of sp³-hybridized carbons (Fsp3) is 0.444. The van der Waals surface area contributed by atoms with Gasteiger partial charge in [0.1, 0.15) is 12.8 Å². The average molecular weight is 199 g/mol. The largest absolute Gasteiger partial charge is 0.450 e. The second-order valence-electron chi connectivity index (χ2n) is 2.14. The Hall–Kier alpha value is -1.74. The summed E-state index contributed by atoms with van der Waals surface area (Å²) in [5, 5.41) is 2.22. The second kappa shape index (κ2) is 7.89. The standard InChI is InChI=1S/C9H13NO4/c1-3-5-6-14-8(11)7-10-9(12)13-4-2/h3,6H,4,7H2,1-2H3,(H,10,12). The fourth-order valence-corrected chi connectivity index (χ4v) is 0.536. The van der Waals surface area contributed by atoms with Gasteiger partial charge in [-0.15, -0.1) is 0 Å². The van der Waals surface area contributed by atoms with Crippen LogP contribution in [-0.2, 0) is 14.3 Å². The zero-order chi connectivity index (χ0) is 10.8. The number of hydrogen-bond acceptors (Lipinski definition) is 4. The zero-order valence-electron chi connectivity index (χ0n) is 8.20. The maximum Gasteiger partial charge on any atom is 0.407 e. The molecule has 0 heterocycles. The summed E-state index contributed by atoms with van der Waals surface area (Å²) in [6, 6.07) is 0. The Labute approximate surface area is 82.4 Å². The molecular weight excluding hydrogens is 186 g/mol. The average Bonchev–Trinajstić information content (AvgIpc) is 2.16. The molecule has 0 rings (SSSR count). The van der Waals surface area contributed by atoms with Gasteiger partial charge >= 0.3 is 12.1 Å². The van der Waals surface area contributed by atoms with Crippen LogP contribution in [0.15, 0.2) is 18.1 Å². The van der Waals surface area contributed by atoms with Crippen molar-refractivity contribution in [1.29, 1.82) is 0 Å². The Balaban J connectivity index is 3.63. The van der Waals surface area contributed by atoms with Crippen molar-refractivity contribution in [3.8, 4) is 0 Å². The van der Waals surface area contributed by atoms with E-state index in [1.165, 1.54) is 0 Å². The highest BCUT2D eigenvalue weighted by molar-refractivity contribution is 5.78. The SMILES string of the molecule is CC=C=COC(=O)CNC(=O)OCC. The Morgan fingerprint density at radius 2 is 2.21 bits per heavy atom. The van der Waals surface area contributed by atoms with Gasteiger partial charge in [-0.3, -0.25) is 0 Å². The highest BCUT2D eigenvalue weighted by atomic mass is 16.6. The predicted molar refractivity (Wildman–Crippen MR) is 49.4 cm³/mol. The lowest BCUT2D eigenvalue weighted by Crippen LogP contribution is -2.30. The van der Waals surface area contributed by atoms with Gasteiger partial charge in [0.05, 0.1) is 6.61 Å². The summed E-state index contributed by atoms with van der Waals surface area (Å²) in [5.41, 5.74) is 2.55. The first kappa shape index (κ1) is 12.3. The van der Waals surface area contributed by atoms with Crippen LogP contribution in [-0.4, -0.2) is 25.2 Å². The van der Waals surface area contributed by atoms with Crippen LogP contribution >= 0.6 is 0 Å². The minimum Gasteiger partial charge on any atom is -0.450 e. The van der Waals surface area contributed by atoms with Crippen molar-refractivity contribution in [3.05, 3.63) is 18.1 Å². The molecule has 0 saturated carbocycles. The molecule has 0 aliphatic rings. The molecule has 0 aromatic heterocycles. The van der Waals surface area contributed by atoms with Crippen LogP contribution in [0.5, 0.6) is 0 Å². The molecule has 0 aromatic carbocycles. The van der Waals surface area contributed by atoms with Gasteiger partial charge in [0, 0.05) is 0 Å². The Kier molecular flexibility index (Phi) is 6.91. The van der Waals surface area contributed by atoms with Crippen molar-refractivity contribution in [3.63, 3.8) is 0 Å². The number of carbonyl (C=O) groups excluding carboxylic acids is 2.